The minimum absolute atomic E-state index is 0.143. The van der Waals surface area contributed by atoms with Crippen LogP contribution in [0.3, 0.4) is 0 Å². The number of hydrogen-bond donors (Lipinski definition) is 2. The van der Waals surface area contributed by atoms with Crippen molar-refractivity contribution in [1.82, 2.24) is 4.90 Å². The Kier molecular flexibility index (Phi) is 4.96. The molecule has 1 atom stereocenters. The Labute approximate surface area is 139 Å². The van der Waals surface area contributed by atoms with Crippen LogP contribution < -0.4 is 0 Å². The van der Waals surface area contributed by atoms with Crippen molar-refractivity contribution >= 4 is 0 Å². The number of aromatic hydroxyl groups is 2. The Hall–Kier alpha value is -1.48. The van der Waals surface area contributed by atoms with Crippen LogP contribution in [0.1, 0.15) is 68.1 Å². The molecule has 2 N–H and O–H groups in total. The molecule has 0 spiro atoms. The average molecular weight is 315 g/mol. The number of nitrogens with zero attached hydrogens (tertiary/aromatic N) is 1. The fraction of sp³-hybridized carbons (Fsp3) is 0.600. The molecule has 1 aromatic rings. The van der Waals surface area contributed by atoms with Crippen LogP contribution in [-0.2, 0) is 6.54 Å². The maximum Gasteiger partial charge on any atom is 0.127 e. The summed E-state index contributed by atoms with van der Waals surface area (Å²) in [7, 11) is 0. The third-order valence-electron chi connectivity index (χ3n) is 5.42. The minimum Gasteiger partial charge on any atom is -0.507 e. The number of piperidine rings is 1. The molecule has 0 bridgehead atoms. The number of allylic oxidation sites excluding steroid dienone is 2. The molecule has 3 heteroatoms. The first-order valence-electron chi connectivity index (χ1n) is 9.00. The zero-order valence-corrected chi connectivity index (χ0v) is 14.4. The molecule has 1 saturated heterocycles. The Morgan fingerprint density at radius 2 is 1.83 bits per heavy atom. The first-order chi connectivity index (χ1) is 11.1. The van der Waals surface area contributed by atoms with Crippen molar-refractivity contribution in [3.05, 3.63) is 34.4 Å². The van der Waals surface area contributed by atoms with Gasteiger partial charge in [-0.1, -0.05) is 18.1 Å². The number of hydrogen-bond acceptors (Lipinski definition) is 3. The molecule has 23 heavy (non-hydrogen) atoms. The first-order valence-corrected chi connectivity index (χ1v) is 9.00. The van der Waals surface area contributed by atoms with Gasteiger partial charge in [0.25, 0.3) is 0 Å². The van der Waals surface area contributed by atoms with E-state index in [-0.39, 0.29) is 11.7 Å². The molecule has 2 aliphatic rings. The van der Waals surface area contributed by atoms with Crippen LogP contribution in [0.2, 0.25) is 0 Å². The van der Waals surface area contributed by atoms with Crippen molar-refractivity contribution < 1.29 is 10.2 Å². The molecule has 1 heterocycles. The van der Waals surface area contributed by atoms with E-state index in [1.54, 1.807) is 0 Å². The molecule has 0 saturated carbocycles. The molecule has 126 valence electrons. The van der Waals surface area contributed by atoms with Gasteiger partial charge in [0.05, 0.1) is 0 Å². The van der Waals surface area contributed by atoms with Crippen LogP contribution in [-0.4, -0.2) is 28.2 Å². The van der Waals surface area contributed by atoms with Gasteiger partial charge in [-0.05, 0) is 70.7 Å². The predicted octanol–water partition coefficient (Wildman–Crippen LogP) is 4.61. The summed E-state index contributed by atoms with van der Waals surface area (Å²) in [6.45, 7) is 7.14. The lowest BCUT2D eigenvalue weighted by atomic mass is 9.83. The van der Waals surface area contributed by atoms with E-state index in [9.17, 15) is 10.2 Å². The van der Waals surface area contributed by atoms with Crippen LogP contribution in [0.25, 0.3) is 0 Å². The van der Waals surface area contributed by atoms with Gasteiger partial charge in [0.15, 0.2) is 0 Å². The Balaban J connectivity index is 1.93. The van der Waals surface area contributed by atoms with Gasteiger partial charge in [-0.3, -0.25) is 4.90 Å². The van der Waals surface area contributed by atoms with Crippen LogP contribution in [0, 0.1) is 6.92 Å². The van der Waals surface area contributed by atoms with Gasteiger partial charge in [-0.2, -0.15) is 0 Å². The van der Waals surface area contributed by atoms with Gasteiger partial charge >= 0.3 is 0 Å². The molecule has 1 aliphatic heterocycles. The van der Waals surface area contributed by atoms with Crippen LogP contribution in [0.15, 0.2) is 17.7 Å². The molecule has 1 unspecified atom stereocenters. The SMILES string of the molecule is CC1=CC(c2c(O)cc(C)c(CN3CCCCC3)c2O)CCC1. The zero-order valence-electron chi connectivity index (χ0n) is 14.4. The van der Waals surface area contributed by atoms with Crippen molar-refractivity contribution in [1.29, 1.82) is 0 Å². The highest BCUT2D eigenvalue weighted by Gasteiger charge is 2.25. The Bertz CT molecular complexity index is 600. The lowest BCUT2D eigenvalue weighted by molar-refractivity contribution is 0.218. The number of rotatable bonds is 3. The maximum atomic E-state index is 10.9. The standard InChI is InChI=1S/C20H29NO2/c1-14-7-6-8-16(11-14)19-18(22)12-15(2)17(20(19)23)13-21-9-4-3-5-10-21/h11-12,16,22-23H,3-10,13H2,1-2H3. The maximum absolute atomic E-state index is 10.9. The van der Waals surface area contributed by atoms with Gasteiger partial charge in [0.1, 0.15) is 11.5 Å². The molecule has 1 fully saturated rings. The van der Waals surface area contributed by atoms with Gasteiger partial charge in [-0.15, -0.1) is 0 Å². The minimum atomic E-state index is 0.143. The van der Waals surface area contributed by atoms with Gasteiger partial charge in [0.2, 0.25) is 0 Å². The Morgan fingerprint density at radius 3 is 2.52 bits per heavy atom. The van der Waals surface area contributed by atoms with Crippen molar-refractivity contribution in [2.24, 2.45) is 0 Å². The zero-order chi connectivity index (χ0) is 16.4. The third-order valence-corrected chi connectivity index (χ3v) is 5.42. The van der Waals surface area contributed by atoms with E-state index in [2.05, 4.69) is 17.9 Å². The molecular weight excluding hydrogens is 286 g/mol. The van der Waals surface area contributed by atoms with Gasteiger partial charge in [0, 0.05) is 23.6 Å². The summed E-state index contributed by atoms with van der Waals surface area (Å²) >= 11 is 0. The molecule has 0 amide bonds. The second-order valence-corrected chi connectivity index (χ2v) is 7.30. The summed E-state index contributed by atoms with van der Waals surface area (Å²) in [6, 6.07) is 1.84. The lowest BCUT2D eigenvalue weighted by Gasteiger charge is -2.29. The summed E-state index contributed by atoms with van der Waals surface area (Å²) < 4.78 is 0. The summed E-state index contributed by atoms with van der Waals surface area (Å²) in [6.07, 6.45) is 9.29. The summed E-state index contributed by atoms with van der Waals surface area (Å²) in [5.41, 5.74) is 4.09. The van der Waals surface area contributed by atoms with E-state index in [0.717, 1.165) is 55.6 Å². The third kappa shape index (κ3) is 3.55. The monoisotopic (exact) mass is 315 g/mol. The number of aryl methyl sites for hydroxylation is 1. The topological polar surface area (TPSA) is 43.7 Å². The summed E-state index contributed by atoms with van der Waals surface area (Å²) in [4.78, 5) is 2.42. The molecule has 1 aliphatic carbocycles. The highest BCUT2D eigenvalue weighted by Crippen LogP contribution is 2.43. The fourth-order valence-corrected chi connectivity index (χ4v) is 4.09. The molecule has 1 aromatic carbocycles. The van der Waals surface area contributed by atoms with Crippen LogP contribution in [0.4, 0.5) is 0 Å². The van der Waals surface area contributed by atoms with E-state index in [1.165, 1.54) is 24.8 Å². The van der Waals surface area contributed by atoms with E-state index in [1.807, 2.05) is 13.0 Å². The van der Waals surface area contributed by atoms with Gasteiger partial charge < -0.3 is 10.2 Å². The van der Waals surface area contributed by atoms with E-state index < -0.39 is 0 Å². The highest BCUT2D eigenvalue weighted by atomic mass is 16.3. The average Bonchev–Trinajstić information content (AvgIpc) is 2.52. The van der Waals surface area contributed by atoms with Crippen molar-refractivity contribution in [2.45, 2.75) is 64.8 Å². The smallest absolute Gasteiger partial charge is 0.127 e. The van der Waals surface area contributed by atoms with E-state index in [0.29, 0.717) is 5.75 Å². The van der Waals surface area contributed by atoms with Crippen LogP contribution >= 0.6 is 0 Å². The fourth-order valence-electron chi connectivity index (χ4n) is 4.09. The van der Waals surface area contributed by atoms with Crippen molar-refractivity contribution in [2.75, 3.05) is 13.1 Å². The summed E-state index contributed by atoms with van der Waals surface area (Å²) in [5.74, 6) is 0.715. The Morgan fingerprint density at radius 1 is 1.09 bits per heavy atom. The molecular formula is C20H29NO2. The second kappa shape index (κ2) is 6.96. The molecule has 0 radical (unpaired) electrons. The van der Waals surface area contributed by atoms with Crippen molar-refractivity contribution in [3.63, 3.8) is 0 Å². The number of likely N-dealkylation sites (tertiary alicyclic amines) is 1. The molecule has 3 nitrogen and oxygen atoms in total. The lowest BCUT2D eigenvalue weighted by Crippen LogP contribution is -2.29. The molecule has 3 rings (SSSR count). The largest absolute Gasteiger partial charge is 0.507 e. The highest BCUT2D eigenvalue weighted by molar-refractivity contribution is 5.55. The number of benzene rings is 1. The van der Waals surface area contributed by atoms with Gasteiger partial charge in [-0.25, -0.2) is 0 Å². The van der Waals surface area contributed by atoms with Crippen molar-refractivity contribution in [3.8, 4) is 11.5 Å². The summed E-state index contributed by atoms with van der Waals surface area (Å²) in [5, 5.41) is 21.3. The normalized spacial score (nSPS) is 22.9. The van der Waals surface area contributed by atoms with E-state index in [4.69, 9.17) is 0 Å². The first kappa shape index (κ1) is 16.4. The van der Waals surface area contributed by atoms with E-state index >= 15 is 0 Å². The van der Waals surface area contributed by atoms with Crippen LogP contribution in [0.5, 0.6) is 11.5 Å². The predicted molar refractivity (Wildman–Crippen MR) is 94.0 cm³/mol. The number of phenols is 2. The second-order valence-electron chi connectivity index (χ2n) is 7.30. The number of phenolic OH excluding ortho intramolecular Hbond substituents is 2. The quantitative estimate of drug-likeness (QED) is 0.801. The molecule has 0 aromatic heterocycles.